The Morgan fingerprint density at radius 3 is 2.72 bits per heavy atom. The average Bonchev–Trinajstić information content (AvgIpc) is 2.74. The first-order chi connectivity index (χ1) is 8.65. The molecule has 1 aromatic carbocycles. The van der Waals surface area contributed by atoms with E-state index in [0.29, 0.717) is 11.2 Å². The summed E-state index contributed by atoms with van der Waals surface area (Å²) < 4.78 is 14.2. The second kappa shape index (κ2) is 3.88. The lowest BCUT2D eigenvalue weighted by molar-refractivity contribution is 0.628. The van der Waals surface area contributed by atoms with Crippen LogP contribution in [0.2, 0.25) is 0 Å². The molecule has 0 saturated carbocycles. The smallest absolute Gasteiger partial charge is 0.295 e. The Kier molecular flexibility index (Phi) is 2.34. The highest BCUT2D eigenvalue weighted by Gasteiger charge is 2.09. The number of benzene rings is 1. The largest absolute Gasteiger partial charge is 0.348 e. The fraction of sp³-hybridized carbons (Fsp3) is 0. The minimum atomic E-state index is -0.390. The molecular weight excluding hydrogens is 255 g/mol. The van der Waals surface area contributed by atoms with Crippen LogP contribution < -0.4 is 5.69 Å². The molecule has 18 heavy (non-hydrogen) atoms. The first kappa shape index (κ1) is 10.8. The van der Waals surface area contributed by atoms with Crippen molar-refractivity contribution in [1.82, 2.24) is 19.6 Å². The molecule has 0 amide bonds. The molecule has 0 unspecified atom stereocenters. The van der Waals surface area contributed by atoms with Gasteiger partial charge in [0.05, 0.1) is 0 Å². The number of hydrogen-bond donors (Lipinski definition) is 2. The Morgan fingerprint density at radius 1 is 1.28 bits per heavy atom. The summed E-state index contributed by atoms with van der Waals surface area (Å²) in [6.45, 7) is 0. The zero-order chi connectivity index (χ0) is 12.7. The molecular formula is C11H7FN4OS. The highest BCUT2D eigenvalue weighted by atomic mass is 32.1. The van der Waals surface area contributed by atoms with Crippen LogP contribution >= 0.6 is 12.2 Å². The standard InChI is InChI=1S/C11H7FN4OS/c12-7-3-1-6(2-4-7)8-5-13-16-9(8)14-10(18)15-11(16)17/h1-5,13H,(H,15,17,18). The van der Waals surface area contributed by atoms with Gasteiger partial charge in [-0.3, -0.25) is 10.1 Å². The van der Waals surface area contributed by atoms with Gasteiger partial charge in [-0.25, -0.2) is 9.18 Å². The summed E-state index contributed by atoms with van der Waals surface area (Å²) in [6.07, 6.45) is 1.62. The Balaban J connectivity index is 2.33. The maximum atomic E-state index is 12.9. The van der Waals surface area contributed by atoms with E-state index in [0.717, 1.165) is 5.56 Å². The van der Waals surface area contributed by atoms with Crippen LogP contribution in [0, 0.1) is 10.6 Å². The number of nitrogens with one attached hydrogen (secondary N) is 2. The van der Waals surface area contributed by atoms with E-state index in [4.69, 9.17) is 12.2 Å². The summed E-state index contributed by atoms with van der Waals surface area (Å²) in [5, 5.41) is 2.77. The van der Waals surface area contributed by atoms with Crippen molar-refractivity contribution in [2.45, 2.75) is 0 Å². The molecule has 2 N–H and O–H groups in total. The van der Waals surface area contributed by atoms with Crippen LogP contribution in [0.3, 0.4) is 0 Å². The van der Waals surface area contributed by atoms with E-state index in [1.54, 1.807) is 18.3 Å². The normalized spacial score (nSPS) is 10.9. The van der Waals surface area contributed by atoms with Crippen LogP contribution in [0.15, 0.2) is 35.3 Å². The molecule has 0 aliphatic rings. The van der Waals surface area contributed by atoms with Gasteiger partial charge in [0.25, 0.3) is 0 Å². The molecule has 7 heteroatoms. The maximum Gasteiger partial charge on any atom is 0.348 e. The molecule has 0 aliphatic carbocycles. The molecule has 2 heterocycles. The van der Waals surface area contributed by atoms with Crippen molar-refractivity contribution in [3.63, 3.8) is 0 Å². The number of aromatic amines is 2. The van der Waals surface area contributed by atoms with Crippen molar-refractivity contribution in [3.05, 3.63) is 51.5 Å². The van der Waals surface area contributed by atoms with Crippen molar-refractivity contribution < 1.29 is 4.39 Å². The second-order valence-electron chi connectivity index (χ2n) is 3.70. The fourth-order valence-electron chi connectivity index (χ4n) is 1.75. The quantitative estimate of drug-likeness (QED) is 0.658. The van der Waals surface area contributed by atoms with E-state index in [-0.39, 0.29) is 10.6 Å². The molecule has 3 rings (SSSR count). The van der Waals surface area contributed by atoms with E-state index in [1.807, 2.05) is 0 Å². The van der Waals surface area contributed by atoms with Gasteiger partial charge in [-0.1, -0.05) is 12.1 Å². The lowest BCUT2D eigenvalue weighted by Gasteiger charge is -1.98. The van der Waals surface area contributed by atoms with Gasteiger partial charge in [-0.2, -0.15) is 9.50 Å². The van der Waals surface area contributed by atoms with E-state index in [9.17, 15) is 9.18 Å². The van der Waals surface area contributed by atoms with E-state index < -0.39 is 5.69 Å². The van der Waals surface area contributed by atoms with Crippen LogP contribution in [-0.2, 0) is 0 Å². The van der Waals surface area contributed by atoms with Gasteiger partial charge in [0.15, 0.2) is 5.65 Å². The third-order valence-corrected chi connectivity index (χ3v) is 2.76. The van der Waals surface area contributed by atoms with Crippen LogP contribution in [0.4, 0.5) is 4.39 Å². The van der Waals surface area contributed by atoms with E-state index in [1.165, 1.54) is 16.6 Å². The number of hydrogen-bond acceptors (Lipinski definition) is 3. The molecule has 90 valence electrons. The molecule has 0 fully saturated rings. The van der Waals surface area contributed by atoms with E-state index in [2.05, 4.69) is 15.1 Å². The highest BCUT2D eigenvalue weighted by molar-refractivity contribution is 7.71. The molecule has 0 radical (unpaired) electrons. The number of halogens is 1. The molecule has 5 nitrogen and oxygen atoms in total. The van der Waals surface area contributed by atoms with E-state index >= 15 is 0 Å². The minimum Gasteiger partial charge on any atom is -0.295 e. The monoisotopic (exact) mass is 262 g/mol. The third kappa shape index (κ3) is 1.65. The summed E-state index contributed by atoms with van der Waals surface area (Å²) >= 11 is 4.87. The molecule has 0 spiro atoms. The van der Waals surface area contributed by atoms with Gasteiger partial charge in [0.1, 0.15) is 5.82 Å². The zero-order valence-electron chi connectivity index (χ0n) is 8.98. The summed E-state index contributed by atoms with van der Waals surface area (Å²) in [7, 11) is 0. The lowest BCUT2D eigenvalue weighted by Crippen LogP contribution is -2.18. The van der Waals surface area contributed by atoms with Crippen molar-refractivity contribution in [2.75, 3.05) is 0 Å². The topological polar surface area (TPSA) is 66.0 Å². The Morgan fingerprint density at radius 2 is 2.00 bits per heavy atom. The number of H-pyrrole nitrogens is 2. The molecule has 0 atom stereocenters. The highest BCUT2D eigenvalue weighted by Crippen LogP contribution is 2.22. The van der Waals surface area contributed by atoms with Crippen molar-refractivity contribution >= 4 is 17.9 Å². The Labute approximate surface area is 105 Å². The second-order valence-corrected chi connectivity index (χ2v) is 4.09. The van der Waals surface area contributed by atoms with Gasteiger partial charge in [0.2, 0.25) is 4.77 Å². The molecule has 0 saturated heterocycles. The summed E-state index contributed by atoms with van der Waals surface area (Å²) in [5.41, 5.74) is 1.46. The first-order valence-corrected chi connectivity index (χ1v) is 5.52. The van der Waals surface area contributed by atoms with Crippen LogP contribution in [0.5, 0.6) is 0 Å². The number of fused-ring (bicyclic) bond motifs is 1. The van der Waals surface area contributed by atoms with Crippen LogP contribution in [-0.4, -0.2) is 19.6 Å². The molecule has 0 bridgehead atoms. The fourth-order valence-corrected chi connectivity index (χ4v) is 1.93. The van der Waals surface area contributed by atoms with Gasteiger partial charge < -0.3 is 0 Å². The van der Waals surface area contributed by atoms with Gasteiger partial charge >= 0.3 is 5.69 Å². The number of rotatable bonds is 1. The predicted octanol–water partition coefficient (Wildman–Crippen LogP) is 1.89. The summed E-state index contributed by atoms with van der Waals surface area (Å²) in [6, 6.07) is 5.93. The van der Waals surface area contributed by atoms with Crippen LogP contribution in [0.25, 0.3) is 16.8 Å². The molecule has 0 aliphatic heterocycles. The first-order valence-electron chi connectivity index (χ1n) is 5.11. The number of nitrogens with zero attached hydrogens (tertiary/aromatic N) is 2. The van der Waals surface area contributed by atoms with Crippen LogP contribution in [0.1, 0.15) is 0 Å². The van der Waals surface area contributed by atoms with Crippen molar-refractivity contribution in [1.29, 1.82) is 0 Å². The van der Waals surface area contributed by atoms with Crippen molar-refractivity contribution in [2.24, 2.45) is 0 Å². The number of aromatic nitrogens is 4. The summed E-state index contributed by atoms with van der Waals surface area (Å²) in [5.74, 6) is -0.319. The van der Waals surface area contributed by atoms with Gasteiger partial charge in [-0.05, 0) is 29.9 Å². The minimum absolute atomic E-state index is 0.114. The Hall–Kier alpha value is -2.28. The third-order valence-electron chi connectivity index (χ3n) is 2.57. The SMILES string of the molecule is O=c1[nH]c(=S)nc2c(-c3ccc(F)cc3)c[nH]n12. The van der Waals surface area contributed by atoms with Gasteiger partial charge in [0, 0.05) is 11.8 Å². The lowest BCUT2D eigenvalue weighted by atomic mass is 10.1. The zero-order valence-corrected chi connectivity index (χ0v) is 9.79. The molecule has 3 aromatic rings. The molecule has 2 aromatic heterocycles. The predicted molar refractivity (Wildman–Crippen MR) is 66.4 cm³/mol. The average molecular weight is 262 g/mol. The summed E-state index contributed by atoms with van der Waals surface area (Å²) in [4.78, 5) is 18.1. The van der Waals surface area contributed by atoms with Gasteiger partial charge in [-0.15, -0.1) is 0 Å². The van der Waals surface area contributed by atoms with Crippen molar-refractivity contribution in [3.8, 4) is 11.1 Å². The maximum absolute atomic E-state index is 12.9. The Bertz CT molecular complexity index is 831.